The molecule has 0 amide bonds. The molecular formula is C7H11NO2. The first kappa shape index (κ1) is 6.16. The molecule has 0 bridgehead atoms. The number of hydrogen-bond acceptors (Lipinski definition) is 2. The summed E-state index contributed by atoms with van der Waals surface area (Å²) in [5.41, 5.74) is -0.361. The SMILES string of the molecule is O=C(O)C12CCC1CNC2. The van der Waals surface area contributed by atoms with Gasteiger partial charge in [-0.05, 0) is 25.3 Å². The highest BCUT2D eigenvalue weighted by molar-refractivity contribution is 5.77. The van der Waals surface area contributed by atoms with Crippen LogP contribution in [-0.4, -0.2) is 24.2 Å². The number of carboxylic acid groups (broad SMARTS) is 1. The number of carboxylic acids is 1. The molecule has 0 aromatic carbocycles. The third-order valence-electron chi connectivity index (χ3n) is 2.98. The highest BCUT2D eigenvalue weighted by Crippen LogP contribution is 2.48. The maximum Gasteiger partial charge on any atom is 0.311 e. The number of nitrogens with one attached hydrogen (secondary N) is 1. The molecule has 0 aromatic heterocycles. The van der Waals surface area contributed by atoms with E-state index in [0.29, 0.717) is 12.5 Å². The molecule has 0 spiro atoms. The minimum Gasteiger partial charge on any atom is -0.481 e. The van der Waals surface area contributed by atoms with Crippen molar-refractivity contribution in [3.8, 4) is 0 Å². The lowest BCUT2D eigenvalue weighted by Crippen LogP contribution is -2.46. The smallest absolute Gasteiger partial charge is 0.311 e. The maximum absolute atomic E-state index is 10.7. The molecular weight excluding hydrogens is 130 g/mol. The zero-order chi connectivity index (χ0) is 7.19. The second-order valence-electron chi connectivity index (χ2n) is 3.33. The van der Waals surface area contributed by atoms with E-state index >= 15 is 0 Å². The Hall–Kier alpha value is -0.570. The molecule has 2 atom stereocenters. The van der Waals surface area contributed by atoms with Gasteiger partial charge in [0.1, 0.15) is 0 Å². The summed E-state index contributed by atoms with van der Waals surface area (Å²) >= 11 is 0. The number of fused-ring (bicyclic) bond motifs is 1. The van der Waals surface area contributed by atoms with Gasteiger partial charge in [0, 0.05) is 6.54 Å². The average Bonchev–Trinajstić information content (AvgIpc) is 2.09. The van der Waals surface area contributed by atoms with Crippen LogP contribution >= 0.6 is 0 Å². The monoisotopic (exact) mass is 141 g/mol. The molecule has 1 saturated heterocycles. The van der Waals surface area contributed by atoms with Gasteiger partial charge < -0.3 is 10.4 Å². The van der Waals surface area contributed by atoms with E-state index in [0.717, 1.165) is 19.4 Å². The summed E-state index contributed by atoms with van der Waals surface area (Å²) in [5.74, 6) is -0.182. The van der Waals surface area contributed by atoms with E-state index in [1.165, 1.54) is 0 Å². The van der Waals surface area contributed by atoms with Crippen molar-refractivity contribution in [2.45, 2.75) is 12.8 Å². The van der Waals surface area contributed by atoms with Crippen molar-refractivity contribution in [1.82, 2.24) is 5.32 Å². The van der Waals surface area contributed by atoms with E-state index in [2.05, 4.69) is 5.32 Å². The molecule has 56 valence electrons. The summed E-state index contributed by atoms with van der Waals surface area (Å²) in [6, 6.07) is 0. The fourth-order valence-corrected chi connectivity index (χ4v) is 2.05. The third kappa shape index (κ3) is 0.515. The predicted molar refractivity (Wildman–Crippen MR) is 35.7 cm³/mol. The molecule has 2 fully saturated rings. The van der Waals surface area contributed by atoms with Crippen molar-refractivity contribution < 1.29 is 9.90 Å². The first-order valence-corrected chi connectivity index (χ1v) is 3.70. The van der Waals surface area contributed by atoms with Crippen LogP contribution in [0.15, 0.2) is 0 Å². The number of carbonyl (C=O) groups is 1. The van der Waals surface area contributed by atoms with Crippen LogP contribution < -0.4 is 5.32 Å². The van der Waals surface area contributed by atoms with Crippen LogP contribution in [0.3, 0.4) is 0 Å². The Balaban J connectivity index is 2.21. The van der Waals surface area contributed by atoms with Crippen LogP contribution in [0.25, 0.3) is 0 Å². The third-order valence-corrected chi connectivity index (χ3v) is 2.98. The van der Waals surface area contributed by atoms with Gasteiger partial charge in [-0.25, -0.2) is 0 Å². The van der Waals surface area contributed by atoms with Crippen LogP contribution in [-0.2, 0) is 4.79 Å². The molecule has 2 aliphatic rings. The Kier molecular flexibility index (Phi) is 1.06. The predicted octanol–water partition coefficient (Wildman–Crippen LogP) is 0.0706. The van der Waals surface area contributed by atoms with Gasteiger partial charge in [0.2, 0.25) is 0 Å². The quantitative estimate of drug-likeness (QED) is 0.543. The number of aliphatic carboxylic acids is 1. The highest BCUT2D eigenvalue weighted by atomic mass is 16.4. The molecule has 1 aliphatic carbocycles. The van der Waals surface area contributed by atoms with Crippen molar-refractivity contribution in [2.75, 3.05) is 13.1 Å². The van der Waals surface area contributed by atoms with Crippen LogP contribution in [0.2, 0.25) is 0 Å². The van der Waals surface area contributed by atoms with E-state index in [9.17, 15) is 4.79 Å². The summed E-state index contributed by atoms with van der Waals surface area (Å²) in [7, 11) is 0. The molecule has 2 N–H and O–H groups in total. The molecule has 10 heavy (non-hydrogen) atoms. The Bertz CT molecular complexity index is 180. The van der Waals surface area contributed by atoms with Gasteiger partial charge in [0.25, 0.3) is 0 Å². The summed E-state index contributed by atoms with van der Waals surface area (Å²) in [5, 5.41) is 12.0. The van der Waals surface area contributed by atoms with Crippen LogP contribution in [0.1, 0.15) is 12.8 Å². The standard InChI is InChI=1S/C7H11NO2/c9-6(10)7-2-1-5(7)3-8-4-7/h5,8H,1-4H2,(H,9,10). The van der Waals surface area contributed by atoms with Gasteiger partial charge >= 0.3 is 5.97 Å². The summed E-state index contributed by atoms with van der Waals surface area (Å²) < 4.78 is 0. The van der Waals surface area contributed by atoms with Crippen molar-refractivity contribution in [3.63, 3.8) is 0 Å². The molecule has 1 saturated carbocycles. The number of rotatable bonds is 1. The largest absolute Gasteiger partial charge is 0.481 e. The lowest BCUT2D eigenvalue weighted by Gasteiger charge is -2.39. The molecule has 2 rings (SSSR count). The first-order valence-electron chi connectivity index (χ1n) is 3.70. The summed E-state index contributed by atoms with van der Waals surface area (Å²) in [6.07, 6.45) is 1.97. The fourth-order valence-electron chi connectivity index (χ4n) is 2.05. The van der Waals surface area contributed by atoms with E-state index < -0.39 is 5.97 Å². The zero-order valence-corrected chi connectivity index (χ0v) is 5.76. The van der Waals surface area contributed by atoms with E-state index in [4.69, 9.17) is 5.11 Å². The lowest BCUT2D eigenvalue weighted by atomic mass is 9.62. The summed E-state index contributed by atoms with van der Waals surface area (Å²) in [6.45, 7) is 1.60. The topological polar surface area (TPSA) is 49.3 Å². The zero-order valence-electron chi connectivity index (χ0n) is 5.76. The first-order chi connectivity index (χ1) is 4.76. The van der Waals surface area contributed by atoms with Crippen LogP contribution in [0, 0.1) is 11.3 Å². The molecule has 3 heteroatoms. The van der Waals surface area contributed by atoms with Crippen molar-refractivity contribution in [2.24, 2.45) is 11.3 Å². The Morgan fingerprint density at radius 1 is 1.70 bits per heavy atom. The Morgan fingerprint density at radius 3 is 2.80 bits per heavy atom. The van der Waals surface area contributed by atoms with Gasteiger partial charge in [-0.2, -0.15) is 0 Å². The average molecular weight is 141 g/mol. The van der Waals surface area contributed by atoms with Crippen molar-refractivity contribution in [1.29, 1.82) is 0 Å². The molecule has 1 heterocycles. The van der Waals surface area contributed by atoms with Crippen LogP contribution in [0.5, 0.6) is 0 Å². The van der Waals surface area contributed by atoms with Crippen LogP contribution in [0.4, 0.5) is 0 Å². The Labute approximate surface area is 59.4 Å². The second-order valence-corrected chi connectivity index (χ2v) is 3.33. The van der Waals surface area contributed by atoms with Crippen molar-refractivity contribution in [3.05, 3.63) is 0 Å². The summed E-state index contributed by atoms with van der Waals surface area (Å²) in [4.78, 5) is 10.7. The normalized spacial score (nSPS) is 44.2. The van der Waals surface area contributed by atoms with Crippen molar-refractivity contribution >= 4 is 5.97 Å². The second kappa shape index (κ2) is 1.72. The fraction of sp³-hybridized carbons (Fsp3) is 0.857. The van der Waals surface area contributed by atoms with Gasteiger partial charge in [0.05, 0.1) is 5.41 Å². The van der Waals surface area contributed by atoms with Gasteiger partial charge in [-0.1, -0.05) is 0 Å². The Morgan fingerprint density at radius 2 is 2.50 bits per heavy atom. The highest BCUT2D eigenvalue weighted by Gasteiger charge is 2.55. The van der Waals surface area contributed by atoms with E-state index in [1.54, 1.807) is 0 Å². The van der Waals surface area contributed by atoms with Gasteiger partial charge in [0.15, 0.2) is 0 Å². The maximum atomic E-state index is 10.7. The lowest BCUT2D eigenvalue weighted by molar-refractivity contribution is -0.156. The van der Waals surface area contributed by atoms with E-state index in [-0.39, 0.29) is 5.41 Å². The molecule has 0 radical (unpaired) electrons. The molecule has 0 aromatic rings. The molecule has 2 unspecified atom stereocenters. The number of hydrogen-bond donors (Lipinski definition) is 2. The van der Waals surface area contributed by atoms with E-state index in [1.807, 2.05) is 0 Å². The molecule has 3 nitrogen and oxygen atoms in total. The minimum atomic E-state index is -0.603. The van der Waals surface area contributed by atoms with Gasteiger partial charge in [-0.15, -0.1) is 0 Å². The minimum absolute atomic E-state index is 0.361. The molecule has 1 aliphatic heterocycles. The van der Waals surface area contributed by atoms with Gasteiger partial charge in [-0.3, -0.25) is 4.79 Å².